The number of piperazine rings is 1. The van der Waals surface area contributed by atoms with Gasteiger partial charge in [0, 0.05) is 192 Å². The molecule has 115 heavy (non-hydrogen) atoms. The number of nitrogens with one attached hydrogen (secondary N) is 4. The molecule has 4 heterocycles. The highest BCUT2D eigenvalue weighted by atomic mass is 32.1. The Labute approximate surface area is 686 Å². The number of ether oxygens (including phenoxy) is 3. The van der Waals surface area contributed by atoms with E-state index in [1.807, 2.05) is 77.4 Å². The number of nitrogens with zero attached hydrogens (tertiary/aromatic N) is 7. The topological polar surface area (TPSA) is 376 Å². The van der Waals surface area contributed by atoms with E-state index in [2.05, 4.69) is 31.2 Å². The number of hydrogen-bond donors (Lipinski definition) is 6. The van der Waals surface area contributed by atoms with Crippen molar-refractivity contribution in [2.75, 3.05) is 106 Å². The molecule has 30 heteroatoms. The fraction of sp³-hybridized carbons (Fsp3) is 0.671. The number of carbonyl (C=O) groups excluding carboxylic acids is 13. The summed E-state index contributed by atoms with van der Waals surface area (Å²) in [6.45, 7) is 19.6. The van der Waals surface area contributed by atoms with Crippen LogP contribution in [-0.2, 0) is 73.4 Å². The number of aliphatic hydroxyl groups is 1. The maximum Gasteiger partial charge on any atom is 0.411 e. The maximum atomic E-state index is 15.2. The summed E-state index contributed by atoms with van der Waals surface area (Å²) in [5.41, 5.74) is 6.96. The third-order valence-electron chi connectivity index (χ3n) is 22.7. The second kappa shape index (κ2) is 48.8. The van der Waals surface area contributed by atoms with E-state index in [4.69, 9.17) is 21.3 Å². The predicted molar refractivity (Wildman–Crippen MR) is 440 cm³/mol. The highest BCUT2D eigenvalue weighted by Gasteiger charge is 2.45. The number of benzene rings is 2. The van der Waals surface area contributed by atoms with Crippen molar-refractivity contribution in [1.29, 1.82) is 0 Å². The highest BCUT2D eigenvalue weighted by Crippen LogP contribution is 2.36. The first-order valence-corrected chi connectivity index (χ1v) is 41.7. The number of unbranched alkanes of at least 4 members (excludes halogenated alkanes) is 2. The summed E-state index contributed by atoms with van der Waals surface area (Å²) in [4.78, 5) is 192. The van der Waals surface area contributed by atoms with Gasteiger partial charge in [0.05, 0.1) is 42.3 Å². The summed E-state index contributed by atoms with van der Waals surface area (Å²) in [5, 5.41) is 24.8. The molecule has 7 N–H and O–H groups in total. The van der Waals surface area contributed by atoms with Gasteiger partial charge in [-0.15, -0.1) is 11.3 Å². The predicted octanol–water partition coefficient (Wildman–Crippen LogP) is 8.75. The molecule has 0 aliphatic carbocycles. The van der Waals surface area contributed by atoms with Crippen LogP contribution in [0, 0.1) is 47.3 Å². The minimum atomic E-state index is -1.52. The fourth-order valence-electron chi connectivity index (χ4n) is 15.7. The first-order chi connectivity index (χ1) is 55.3. The van der Waals surface area contributed by atoms with Gasteiger partial charge in [-0.05, 0) is 93.4 Å². The molecule has 0 bridgehead atoms. The van der Waals surface area contributed by atoms with Gasteiger partial charge >= 0.3 is 12.1 Å². The molecule has 3 aliphatic heterocycles. The number of hydrogen-bond acceptors (Lipinski definition) is 20. The first-order valence-electron chi connectivity index (χ1n) is 41.8. The Kier molecular flexibility index (Phi) is 40.5. The molecule has 0 saturated carbocycles. The van der Waals surface area contributed by atoms with Crippen molar-refractivity contribution in [2.45, 2.75) is 221 Å². The molecule has 11 amide bonds. The second-order valence-electron chi connectivity index (χ2n) is 32.0. The number of likely N-dealkylation sites (tertiary alicyclic amines) is 2. The molecule has 0 radical (unpaired) electrons. The average Bonchev–Trinajstić information content (AvgIpc) is 1.01. The molecule has 3 saturated heterocycles. The van der Waals surface area contributed by atoms with E-state index in [1.54, 1.807) is 67.8 Å². The highest BCUT2D eigenvalue weighted by molar-refractivity contribution is 7.09. The number of ketones is 3. The number of rotatable bonds is 49. The number of anilines is 1. The number of aliphatic hydroxyl groups excluding tert-OH is 1. The van der Waals surface area contributed by atoms with Crippen LogP contribution in [0.1, 0.15) is 202 Å². The minimum absolute atomic E-state index is 0.00865. The van der Waals surface area contributed by atoms with Gasteiger partial charge in [0.15, 0.2) is 11.6 Å². The number of primary amides is 1. The molecular weight excluding hydrogens is 1490 g/mol. The Morgan fingerprint density at radius 1 is 0.748 bits per heavy atom. The molecule has 29 nitrogen and oxygen atoms in total. The molecule has 12 atom stereocenters. The molecule has 0 spiro atoms. The number of amides is 11. The van der Waals surface area contributed by atoms with Crippen LogP contribution < -0.4 is 27.0 Å². The van der Waals surface area contributed by atoms with Crippen molar-refractivity contribution in [3.63, 3.8) is 0 Å². The van der Waals surface area contributed by atoms with Gasteiger partial charge in [0.25, 0.3) is 5.91 Å². The zero-order chi connectivity index (χ0) is 85.9. The molecule has 640 valence electrons. The van der Waals surface area contributed by atoms with Gasteiger partial charge in [-0.25, -0.2) is 14.6 Å². The van der Waals surface area contributed by atoms with E-state index in [-0.39, 0.29) is 179 Å². The lowest BCUT2D eigenvalue weighted by Gasteiger charge is -2.41. The van der Waals surface area contributed by atoms with E-state index in [1.165, 1.54) is 49.9 Å². The number of likely N-dealkylation sites (N-methyl/N-ethyl adjacent to an activating group) is 3. The van der Waals surface area contributed by atoms with Crippen molar-refractivity contribution in [2.24, 2.45) is 53.1 Å². The van der Waals surface area contributed by atoms with Gasteiger partial charge in [0.1, 0.15) is 5.78 Å². The molecule has 3 aromatic rings. The molecule has 3 aliphatic rings. The molecule has 1 unspecified atom stereocenters. The summed E-state index contributed by atoms with van der Waals surface area (Å²) in [6.07, 6.45) is 3.23. The van der Waals surface area contributed by atoms with Crippen LogP contribution >= 0.6 is 11.3 Å². The number of aromatic nitrogens is 1. The number of urea groups is 1. The van der Waals surface area contributed by atoms with Crippen LogP contribution in [0.25, 0.3) is 0 Å². The normalized spacial score (nSPS) is 17.5. The Morgan fingerprint density at radius 3 is 2.03 bits per heavy atom. The largest absolute Gasteiger partial charge is 0.431 e. The summed E-state index contributed by atoms with van der Waals surface area (Å²) < 4.78 is 23.8. The summed E-state index contributed by atoms with van der Waals surface area (Å²) in [5.74, 6) is -8.12. The van der Waals surface area contributed by atoms with Crippen molar-refractivity contribution in [3.8, 4) is 0 Å². The fourth-order valence-corrected chi connectivity index (χ4v) is 16.5. The quantitative estimate of drug-likeness (QED) is 0.0227. The van der Waals surface area contributed by atoms with E-state index in [0.29, 0.717) is 84.3 Å². The van der Waals surface area contributed by atoms with Crippen LogP contribution in [0.4, 0.5) is 15.3 Å². The molecule has 3 fully saturated rings. The van der Waals surface area contributed by atoms with Gasteiger partial charge in [0.2, 0.25) is 47.5 Å². The lowest BCUT2D eigenvalue weighted by Crippen LogP contribution is -2.54. The van der Waals surface area contributed by atoms with Crippen LogP contribution in [-0.4, -0.2) is 247 Å². The third kappa shape index (κ3) is 29.5. The second-order valence-corrected chi connectivity index (χ2v) is 33.0. The molecular formula is C85H132N12O17S. The lowest BCUT2D eigenvalue weighted by atomic mass is 9.80. The Hall–Kier alpha value is -8.58. The van der Waals surface area contributed by atoms with Crippen molar-refractivity contribution in [1.82, 2.24) is 50.3 Å². The number of carbonyl (C=O) groups is 13. The Bertz CT molecular complexity index is 3630. The van der Waals surface area contributed by atoms with Crippen LogP contribution in [0.2, 0.25) is 0 Å². The van der Waals surface area contributed by atoms with Crippen molar-refractivity contribution < 1.29 is 83.0 Å². The minimum Gasteiger partial charge on any atom is -0.431 e. The van der Waals surface area contributed by atoms with E-state index < -0.39 is 95.7 Å². The van der Waals surface area contributed by atoms with Crippen molar-refractivity contribution in [3.05, 3.63) is 82.3 Å². The maximum absolute atomic E-state index is 15.2. The number of thiazole rings is 1. The van der Waals surface area contributed by atoms with Gasteiger partial charge in [-0.1, -0.05) is 125 Å². The summed E-state index contributed by atoms with van der Waals surface area (Å²) >= 11 is 1.51. The zero-order valence-electron chi connectivity index (χ0n) is 71.4. The third-order valence-corrected chi connectivity index (χ3v) is 23.7. The lowest BCUT2D eigenvalue weighted by molar-refractivity contribution is -0.148. The molecule has 1 aromatic heterocycles. The van der Waals surface area contributed by atoms with Gasteiger partial charge in [-0.2, -0.15) is 0 Å². The van der Waals surface area contributed by atoms with Crippen LogP contribution in [0.3, 0.4) is 0 Å². The monoisotopic (exact) mass is 1630 g/mol. The summed E-state index contributed by atoms with van der Waals surface area (Å²) in [7, 11) is 7.79. The number of imide groups is 1. The molecule has 6 rings (SSSR count). The van der Waals surface area contributed by atoms with E-state index in [9.17, 15) is 57.8 Å². The van der Waals surface area contributed by atoms with Gasteiger partial charge < -0.3 is 70.8 Å². The number of methoxy groups -OCH3 is 1. The standard InChI is InChI=1S/C84H128N12O17S.CH4/c1-14-56(8)77(69(111-13)51-74(105)95-38-22-26-65(95)64(52-97)57(9)66(98)49-61(80-87-37-46-114-80)47-58-23-17-15-18-24-58)92(11)81(107)63(53(2)3)50-68(100)76(55(6)7)93(12)84(110)113-78(82(108)94-42-40-91(10)41-43-94)59-28-30-62(31-29-59)89-79(106)60(25-21-35-88-83(85)109)48-67(99)75(54(4)5)90-71(102)27-19-16-20-44-112-45-36-86-70(101)34-39-96-72(103)32-33-73(96)104;/h15,17-18,23-24,28-31,37,46,53-57,60-61,63-65,69,75-78,97H,14,16,19-22,25-27,32-36,38-45,47-52H2,1-13H3,(H,86,101)(H,89,106)(H,90,102)(H3,85,88,109);1H4/t56-,57+,60+,61+,63-,64+,65-,69+,75-,76-,77-,78?;/m0./s1/i;1T. The number of Topliss-reactive ketones (excluding diaryl/α,β-unsaturated/α-hetero) is 3. The Balaban J connectivity index is 0.0000119. The average molecular weight is 1630 g/mol. The zero-order valence-corrected chi connectivity index (χ0v) is 71.2. The number of nitrogens with two attached hydrogens (primary N) is 1. The smallest absolute Gasteiger partial charge is 0.411 e. The van der Waals surface area contributed by atoms with Crippen LogP contribution in [0.5, 0.6) is 0 Å². The van der Waals surface area contributed by atoms with E-state index >= 15 is 9.59 Å². The summed E-state index contributed by atoms with van der Waals surface area (Å²) in [6, 6.07) is 12.3. The Morgan fingerprint density at radius 2 is 1.43 bits per heavy atom. The SMILES string of the molecule is CC[C@H](C)[C@@H]([C@@H](CC(=O)N1CCC[C@H]1[C@H](CO)[C@@H](C)C(=O)C[C@@H](Cc1ccccc1)c1nccs1)OC)N(C)C(=O)[C@@H](CC(=O)[C@H](C(C)C)N(C)C(=O)OC(C(=O)N1CCN(C)CC1)c1ccc(NC(=O)[C@H](CCCNC(N)=O)CC(=O)[C@@H](NC(=O)CCCCCOCCNC(=O)CCN2C(=O)CCC2=O)C(C)C)cc1)C(C)C.[3H]C. The van der Waals surface area contributed by atoms with E-state index in [0.717, 1.165) is 15.5 Å². The molecule has 2 aromatic carbocycles. The van der Waals surface area contributed by atoms with Gasteiger partial charge in [-0.3, -0.25) is 57.6 Å². The first kappa shape index (κ1) is 95.3. The van der Waals surface area contributed by atoms with Crippen LogP contribution in [0.15, 0.2) is 66.2 Å². The van der Waals surface area contributed by atoms with Crippen molar-refractivity contribution >= 4 is 93.8 Å².